The average molecular weight is 439 g/mol. The number of rotatable bonds is 5. The number of amides is 1. The van der Waals surface area contributed by atoms with Crippen LogP contribution >= 0.6 is 0 Å². The third kappa shape index (κ3) is 4.25. The van der Waals surface area contributed by atoms with Gasteiger partial charge in [-0.05, 0) is 48.6 Å². The summed E-state index contributed by atoms with van der Waals surface area (Å²) in [4.78, 5) is 23.7. The van der Waals surface area contributed by atoms with Crippen molar-refractivity contribution in [2.45, 2.75) is 31.3 Å². The zero-order valence-electron chi connectivity index (χ0n) is 18.2. The molecule has 0 saturated carbocycles. The van der Waals surface area contributed by atoms with Crippen molar-refractivity contribution in [1.29, 1.82) is 0 Å². The Morgan fingerprint density at radius 3 is 2.58 bits per heavy atom. The minimum atomic E-state index is -0.716. The van der Waals surface area contributed by atoms with Crippen molar-refractivity contribution in [3.05, 3.63) is 102 Å². The maximum absolute atomic E-state index is 13.7. The predicted octanol–water partition coefficient (Wildman–Crippen LogP) is 4.37. The first-order chi connectivity index (χ1) is 16.1. The maximum Gasteiger partial charge on any atom is 0.244 e. The zero-order chi connectivity index (χ0) is 22.8. The molecule has 1 aromatic heterocycles. The normalized spacial score (nSPS) is 16.3. The van der Waals surface area contributed by atoms with Gasteiger partial charge in [-0.25, -0.2) is 4.98 Å². The number of hydrogen-bond donors (Lipinski definition) is 3. The van der Waals surface area contributed by atoms with Gasteiger partial charge >= 0.3 is 0 Å². The number of para-hydroxylation sites is 1. The van der Waals surface area contributed by atoms with Crippen LogP contribution in [0.5, 0.6) is 5.75 Å². The number of carbonyl (C=O) groups excluding carboxylic acids is 1. The summed E-state index contributed by atoms with van der Waals surface area (Å²) in [6.45, 7) is 0. The van der Waals surface area contributed by atoms with Crippen LogP contribution in [-0.2, 0) is 17.6 Å². The van der Waals surface area contributed by atoms with Gasteiger partial charge in [0.1, 0.15) is 11.6 Å². The second kappa shape index (κ2) is 8.92. The Morgan fingerprint density at radius 1 is 1.06 bits per heavy atom. The van der Waals surface area contributed by atoms with Crippen molar-refractivity contribution in [1.82, 2.24) is 9.97 Å². The van der Waals surface area contributed by atoms with Gasteiger partial charge < -0.3 is 20.7 Å². The Kier molecular flexibility index (Phi) is 5.67. The number of carbonyl (C=O) groups is 1. The number of phenols is 1. The van der Waals surface area contributed by atoms with E-state index in [-0.39, 0.29) is 17.7 Å². The molecule has 0 bridgehead atoms. The summed E-state index contributed by atoms with van der Waals surface area (Å²) in [6, 6.07) is 23.8. The topological polar surface area (TPSA) is 95.2 Å². The molecule has 6 nitrogen and oxygen atoms in total. The molecular formula is C27H26N4O2. The first-order valence-electron chi connectivity index (χ1n) is 11.2. The van der Waals surface area contributed by atoms with E-state index >= 15 is 0 Å². The number of aromatic nitrogens is 2. The van der Waals surface area contributed by atoms with E-state index in [9.17, 15) is 9.90 Å². The van der Waals surface area contributed by atoms with Crippen LogP contribution in [0.25, 0.3) is 11.3 Å². The Labute approximate surface area is 192 Å². The van der Waals surface area contributed by atoms with E-state index in [0.717, 1.165) is 46.7 Å². The van der Waals surface area contributed by atoms with Gasteiger partial charge in [-0.1, -0.05) is 60.7 Å². The molecule has 3 aromatic carbocycles. The van der Waals surface area contributed by atoms with E-state index in [2.05, 4.69) is 11.1 Å². The lowest BCUT2D eigenvalue weighted by Gasteiger charge is -2.37. The van der Waals surface area contributed by atoms with E-state index in [1.807, 2.05) is 59.6 Å². The Hall–Kier alpha value is -3.90. The molecule has 1 aliphatic rings. The summed E-state index contributed by atoms with van der Waals surface area (Å²) in [5, 5.41) is 9.54. The number of anilines is 1. The van der Waals surface area contributed by atoms with E-state index in [0.29, 0.717) is 6.42 Å². The summed E-state index contributed by atoms with van der Waals surface area (Å²) < 4.78 is 0. The fourth-order valence-electron chi connectivity index (χ4n) is 4.49. The third-order valence-electron chi connectivity index (χ3n) is 6.18. The first-order valence-corrected chi connectivity index (χ1v) is 11.2. The highest BCUT2D eigenvalue weighted by Gasteiger charge is 2.36. The number of imidazole rings is 1. The number of nitrogens with two attached hydrogens (primary N) is 1. The highest BCUT2D eigenvalue weighted by atomic mass is 16.3. The van der Waals surface area contributed by atoms with Crippen LogP contribution in [0.1, 0.15) is 29.4 Å². The number of phenolic OH excluding ortho intramolecular Hbond substituents is 1. The van der Waals surface area contributed by atoms with Gasteiger partial charge in [0, 0.05) is 17.4 Å². The molecule has 1 aliphatic heterocycles. The molecule has 2 heterocycles. The molecule has 2 atom stereocenters. The monoisotopic (exact) mass is 438 g/mol. The van der Waals surface area contributed by atoms with Crippen LogP contribution in [0, 0.1) is 0 Å². The van der Waals surface area contributed by atoms with Gasteiger partial charge in [0.05, 0.1) is 17.8 Å². The van der Waals surface area contributed by atoms with E-state index in [1.54, 1.807) is 24.3 Å². The number of aryl methyl sites for hydroxylation is 1. The van der Waals surface area contributed by atoms with Gasteiger partial charge in [-0.3, -0.25) is 4.79 Å². The highest BCUT2D eigenvalue weighted by Crippen LogP contribution is 2.38. The predicted molar refractivity (Wildman–Crippen MR) is 129 cm³/mol. The number of hydrogen-bond acceptors (Lipinski definition) is 4. The van der Waals surface area contributed by atoms with Gasteiger partial charge in [0.15, 0.2) is 0 Å². The minimum absolute atomic E-state index is 0.141. The molecule has 1 amide bonds. The summed E-state index contributed by atoms with van der Waals surface area (Å²) >= 11 is 0. The molecule has 0 saturated heterocycles. The van der Waals surface area contributed by atoms with Crippen LogP contribution in [0.4, 0.5) is 5.69 Å². The van der Waals surface area contributed by atoms with Gasteiger partial charge in [0.25, 0.3) is 0 Å². The van der Waals surface area contributed by atoms with Crippen LogP contribution < -0.4 is 10.6 Å². The summed E-state index contributed by atoms with van der Waals surface area (Å²) in [6.07, 6.45) is 3.90. The highest BCUT2D eigenvalue weighted by molar-refractivity contribution is 5.99. The van der Waals surface area contributed by atoms with E-state index < -0.39 is 6.04 Å². The molecule has 4 N–H and O–H groups in total. The second-order valence-electron chi connectivity index (χ2n) is 8.41. The third-order valence-corrected chi connectivity index (χ3v) is 6.18. The summed E-state index contributed by atoms with van der Waals surface area (Å²) in [5.74, 6) is 0.808. The zero-order valence-corrected chi connectivity index (χ0v) is 18.2. The van der Waals surface area contributed by atoms with Crippen molar-refractivity contribution in [2.24, 2.45) is 5.73 Å². The standard InChI is InChI=1S/C27H26N4O2/c28-22(16-18-10-13-21(32)14-11-18)27(33)31-24-9-5-4-8-20(24)12-15-25(31)26-29-17-23(30-26)19-6-2-1-3-7-19/h1-11,13-14,17,22,25,32H,12,15-16,28H2,(H,29,30)/t22-,25-/m0/s1. The van der Waals surface area contributed by atoms with Crippen LogP contribution in [0.15, 0.2) is 85.1 Å². The quantitative estimate of drug-likeness (QED) is 0.431. The van der Waals surface area contributed by atoms with Crippen LogP contribution in [0.2, 0.25) is 0 Å². The molecular weight excluding hydrogens is 412 g/mol. The number of nitrogens with one attached hydrogen (secondary N) is 1. The number of aromatic hydroxyl groups is 1. The molecule has 4 aromatic rings. The summed E-state index contributed by atoms with van der Waals surface area (Å²) in [5.41, 5.74) is 11.2. The fourth-order valence-corrected chi connectivity index (χ4v) is 4.49. The molecule has 0 radical (unpaired) electrons. The number of nitrogens with zero attached hydrogens (tertiary/aromatic N) is 2. The van der Waals surface area contributed by atoms with Gasteiger partial charge in [-0.2, -0.15) is 0 Å². The molecule has 0 unspecified atom stereocenters. The Balaban J connectivity index is 1.47. The van der Waals surface area contributed by atoms with Gasteiger partial charge in [-0.15, -0.1) is 0 Å². The van der Waals surface area contributed by atoms with Crippen LogP contribution in [0.3, 0.4) is 0 Å². The van der Waals surface area contributed by atoms with E-state index in [1.165, 1.54) is 0 Å². The Morgan fingerprint density at radius 2 is 1.79 bits per heavy atom. The largest absolute Gasteiger partial charge is 0.508 e. The molecule has 0 spiro atoms. The number of H-pyrrole nitrogens is 1. The van der Waals surface area contributed by atoms with Crippen molar-refractivity contribution in [3.8, 4) is 17.0 Å². The SMILES string of the molecule is N[C@@H](Cc1ccc(O)cc1)C(=O)N1c2ccccc2CC[C@H]1c1nc(-c2ccccc2)c[nH]1. The molecule has 0 fully saturated rings. The molecule has 33 heavy (non-hydrogen) atoms. The van der Waals surface area contributed by atoms with Crippen molar-refractivity contribution >= 4 is 11.6 Å². The summed E-state index contributed by atoms with van der Waals surface area (Å²) in [7, 11) is 0. The lowest BCUT2D eigenvalue weighted by molar-refractivity contribution is -0.120. The van der Waals surface area contributed by atoms with Crippen LogP contribution in [-0.4, -0.2) is 27.0 Å². The lowest BCUT2D eigenvalue weighted by atomic mass is 9.93. The van der Waals surface area contributed by atoms with Crippen molar-refractivity contribution < 1.29 is 9.90 Å². The van der Waals surface area contributed by atoms with Crippen molar-refractivity contribution in [2.75, 3.05) is 4.90 Å². The van der Waals surface area contributed by atoms with Crippen molar-refractivity contribution in [3.63, 3.8) is 0 Å². The smallest absolute Gasteiger partial charge is 0.244 e. The number of benzene rings is 3. The second-order valence-corrected chi connectivity index (χ2v) is 8.41. The number of aromatic amines is 1. The number of fused-ring (bicyclic) bond motifs is 1. The molecule has 166 valence electrons. The molecule has 5 rings (SSSR count). The van der Waals surface area contributed by atoms with Gasteiger partial charge in [0.2, 0.25) is 5.91 Å². The minimum Gasteiger partial charge on any atom is -0.508 e. The Bertz CT molecular complexity index is 1250. The maximum atomic E-state index is 13.7. The van der Waals surface area contributed by atoms with E-state index in [4.69, 9.17) is 10.7 Å². The molecule has 0 aliphatic carbocycles. The lowest BCUT2D eigenvalue weighted by Crippen LogP contribution is -2.48. The average Bonchev–Trinajstić information content (AvgIpc) is 3.35. The first kappa shape index (κ1) is 21.0. The fraction of sp³-hybridized carbons (Fsp3) is 0.185. The molecule has 6 heteroatoms.